The van der Waals surface area contributed by atoms with Crippen LogP contribution in [0.1, 0.15) is 6.92 Å². The van der Waals surface area contributed by atoms with E-state index in [1.165, 1.54) is 0 Å². The van der Waals surface area contributed by atoms with Gasteiger partial charge in [-0.15, -0.1) is 11.6 Å². The molecule has 0 aromatic heterocycles. The number of hydrogen-bond acceptors (Lipinski definition) is 0. The average Bonchev–Trinajstić information content (AvgIpc) is 0.811. The highest BCUT2D eigenvalue weighted by Crippen LogP contribution is 1.78. The number of hydrogen-bond donors (Lipinski definition) is 0. The van der Waals surface area contributed by atoms with Gasteiger partial charge in [0.1, 0.15) is 0 Å². The van der Waals surface area contributed by atoms with Gasteiger partial charge in [-0.05, 0) is 4.24 Å². The van der Waals surface area contributed by atoms with Crippen molar-refractivity contribution in [2.24, 2.45) is 0 Å². The zero-order valence-corrected chi connectivity index (χ0v) is 5.71. The summed E-state index contributed by atoms with van der Waals surface area (Å²) in [6, 6.07) is 0. The van der Waals surface area contributed by atoms with Crippen molar-refractivity contribution in [1.29, 1.82) is 0 Å². The molecule has 0 spiro atoms. The predicted molar refractivity (Wildman–Crippen MR) is 23.9 cm³/mol. The van der Waals surface area contributed by atoms with Crippen LogP contribution in [0.3, 0.4) is 0 Å². The van der Waals surface area contributed by atoms with Gasteiger partial charge in [0.2, 0.25) is 16.3 Å². The Bertz CT molecular complexity index is 10.8. The van der Waals surface area contributed by atoms with E-state index in [1.807, 2.05) is 6.92 Å². The zero-order chi connectivity index (χ0) is 3.58. The highest BCUT2D eigenvalue weighted by Gasteiger charge is 1.74. The molecule has 0 saturated heterocycles. The summed E-state index contributed by atoms with van der Waals surface area (Å²) < 4.78 is 0.444. The van der Waals surface area contributed by atoms with Gasteiger partial charge in [-0.1, -0.05) is 6.92 Å². The molecule has 0 saturated carbocycles. The van der Waals surface area contributed by atoms with E-state index >= 15 is 0 Å². The maximum Gasteiger partial charge on any atom is 0.240 e. The van der Waals surface area contributed by atoms with Crippen LogP contribution in [-0.2, 0) is 0 Å². The van der Waals surface area contributed by atoms with Crippen LogP contribution in [0.15, 0.2) is 0 Å². The molecule has 0 fully saturated rings. The second-order valence-electron chi connectivity index (χ2n) is 1.01. The third-order valence-electron chi connectivity index (χ3n) is 0. The maximum atomic E-state index is 5.34. The van der Waals surface area contributed by atoms with E-state index in [9.17, 15) is 0 Å². The van der Waals surface area contributed by atoms with Crippen LogP contribution in [0.25, 0.3) is 0 Å². The monoisotopic (exact) mass is 92.0 g/mol. The average molecular weight is 92.5 g/mol. The minimum Gasteiger partial charge on any atom is -0.141 e. The second kappa shape index (κ2) is 2.08. The molecule has 0 aromatic carbocycles. The Morgan fingerprint density at radius 3 is 2.00 bits per heavy atom. The van der Waals surface area contributed by atoms with E-state index in [-0.39, 0.29) is 0 Å². The first-order chi connectivity index (χ1) is 1.73. The van der Waals surface area contributed by atoms with Crippen molar-refractivity contribution in [2.75, 3.05) is 0 Å². The van der Waals surface area contributed by atoms with Crippen LogP contribution in [0.2, 0.25) is 0 Å². The molecule has 2 heteroatoms. The highest BCUT2D eigenvalue weighted by atomic mass is 35.5. The number of alkyl halides is 1. The van der Waals surface area contributed by atoms with Gasteiger partial charge in [0, 0.05) is 0 Å². The van der Waals surface area contributed by atoms with Crippen LogP contribution in [0, 0.1) is 0 Å². The Balaban J connectivity index is 2.32. The Labute approximate surface area is 39.6 Å². The summed E-state index contributed by atoms with van der Waals surface area (Å²) >= 11 is 6.45. The van der Waals surface area contributed by atoms with E-state index in [1.54, 1.807) is 0 Å². The molecule has 1 unspecified atom stereocenters. The first-order valence-electron chi connectivity index (χ1n) is 1.37. The first kappa shape index (κ1) is 4.82. The summed E-state index contributed by atoms with van der Waals surface area (Å²) in [4.78, 5) is 0. The van der Waals surface area contributed by atoms with Gasteiger partial charge < -0.3 is 0 Å². The smallest absolute Gasteiger partial charge is 0.141 e. The first-order valence-corrected chi connectivity index (χ1v) is 2.96. The van der Waals surface area contributed by atoms with Crippen molar-refractivity contribution in [1.82, 2.24) is 0 Å². The SMILES string of the molecule is C[CH]([AlH2])Cl. The molecule has 0 amide bonds. The summed E-state index contributed by atoms with van der Waals surface area (Å²) in [5.74, 6) is 0. The minimum atomic E-state index is 0.444. The molecule has 0 aliphatic carbocycles. The number of rotatable bonds is 0. The van der Waals surface area contributed by atoms with Crippen molar-refractivity contribution in [2.45, 2.75) is 11.2 Å². The van der Waals surface area contributed by atoms with E-state index in [0.29, 0.717) is 4.24 Å². The van der Waals surface area contributed by atoms with E-state index < -0.39 is 0 Å². The van der Waals surface area contributed by atoms with Crippen molar-refractivity contribution in [3.05, 3.63) is 0 Å². The van der Waals surface area contributed by atoms with Gasteiger partial charge in [-0.3, -0.25) is 0 Å². The van der Waals surface area contributed by atoms with Crippen LogP contribution in [-0.4, -0.2) is 20.5 Å². The summed E-state index contributed by atoms with van der Waals surface area (Å²) in [6.07, 6.45) is 0. The molecule has 0 radical (unpaired) electrons. The van der Waals surface area contributed by atoms with Crippen molar-refractivity contribution in [3.63, 3.8) is 0 Å². The Kier molecular flexibility index (Phi) is 2.51. The minimum absolute atomic E-state index is 0.444. The normalized spacial score (nSPS) is 15.5. The molecule has 1 atom stereocenters. The standard InChI is InChI=1S/C2H4Cl.Al.2H/c1-2-3;;;/h2H,1H3;;;. The molecule has 0 aliphatic rings. The van der Waals surface area contributed by atoms with Gasteiger partial charge in [-0.25, -0.2) is 0 Å². The van der Waals surface area contributed by atoms with Gasteiger partial charge in [0.25, 0.3) is 0 Å². The predicted octanol–water partition coefficient (Wildman–Crippen LogP) is 0.204. The van der Waals surface area contributed by atoms with Gasteiger partial charge in [0.15, 0.2) is 0 Å². The van der Waals surface area contributed by atoms with E-state index in [0.717, 1.165) is 16.3 Å². The van der Waals surface area contributed by atoms with Gasteiger partial charge >= 0.3 is 0 Å². The Hall–Kier alpha value is 0.822. The van der Waals surface area contributed by atoms with E-state index in [2.05, 4.69) is 0 Å². The van der Waals surface area contributed by atoms with Crippen molar-refractivity contribution >= 4 is 27.9 Å². The highest BCUT2D eigenvalue weighted by molar-refractivity contribution is 6.40. The molecule has 0 N–H and O–H groups in total. The molecule has 24 valence electrons. The molecule has 0 heterocycles. The molecule has 0 rings (SSSR count). The zero-order valence-electron chi connectivity index (χ0n) is 2.96. The Morgan fingerprint density at radius 1 is 2.00 bits per heavy atom. The number of halogens is 1. The van der Waals surface area contributed by atoms with Crippen LogP contribution >= 0.6 is 11.6 Å². The van der Waals surface area contributed by atoms with Gasteiger partial charge in [0.05, 0.1) is 0 Å². The molecular formula is C2H6AlCl. The van der Waals surface area contributed by atoms with Crippen molar-refractivity contribution in [3.8, 4) is 0 Å². The molecule has 0 bridgehead atoms. The summed E-state index contributed by atoms with van der Waals surface area (Å²) in [5.41, 5.74) is 0. The largest absolute Gasteiger partial charge is 0.240 e. The summed E-state index contributed by atoms with van der Waals surface area (Å²) in [5, 5.41) is 0. The van der Waals surface area contributed by atoms with E-state index in [4.69, 9.17) is 11.6 Å². The Morgan fingerprint density at radius 2 is 2.00 bits per heavy atom. The van der Waals surface area contributed by atoms with Gasteiger partial charge in [-0.2, -0.15) is 0 Å². The lowest BCUT2D eigenvalue weighted by molar-refractivity contribution is 1.38. The third kappa shape index (κ3) is 13.9. The molecule has 0 aliphatic heterocycles. The second-order valence-corrected chi connectivity index (χ2v) is 4.35. The topological polar surface area (TPSA) is 0 Å². The summed E-state index contributed by atoms with van der Waals surface area (Å²) in [7, 11) is 0. The molecule has 0 nitrogen and oxygen atoms in total. The molecular weight excluding hydrogens is 86.5 g/mol. The van der Waals surface area contributed by atoms with Crippen LogP contribution in [0.5, 0.6) is 0 Å². The van der Waals surface area contributed by atoms with Crippen molar-refractivity contribution < 1.29 is 0 Å². The lowest BCUT2D eigenvalue weighted by Gasteiger charge is -1.74. The van der Waals surface area contributed by atoms with Crippen LogP contribution in [0.4, 0.5) is 0 Å². The maximum absolute atomic E-state index is 5.34. The lowest BCUT2D eigenvalue weighted by Crippen LogP contribution is -1.81. The van der Waals surface area contributed by atoms with Crippen LogP contribution < -0.4 is 0 Å². The molecule has 0 aromatic rings. The lowest BCUT2D eigenvalue weighted by atomic mass is 11.0. The molecule has 4 heavy (non-hydrogen) atoms. The fraction of sp³-hybridized carbons (Fsp3) is 1.00. The quantitative estimate of drug-likeness (QED) is 0.296. The third-order valence-corrected chi connectivity index (χ3v) is 0. The fourth-order valence-electron chi connectivity index (χ4n) is 0. The fourth-order valence-corrected chi connectivity index (χ4v) is 0. The summed E-state index contributed by atoms with van der Waals surface area (Å²) in [6.45, 7) is 1.99.